The van der Waals surface area contributed by atoms with E-state index in [1.165, 1.54) is 9.80 Å². The van der Waals surface area contributed by atoms with E-state index in [2.05, 4.69) is 0 Å². The standard InChI is InChI=1S/C15H22N2O4/c18-12-6-7-13(19)16(12)10-4-2-1-3-5-11-17-14(20)8-9-15(17)21/h1-11H2. The van der Waals surface area contributed by atoms with Crippen molar-refractivity contribution in [2.75, 3.05) is 13.1 Å². The number of hydrogen-bond acceptors (Lipinski definition) is 4. The minimum absolute atomic E-state index is 0.0499. The maximum Gasteiger partial charge on any atom is 0.229 e. The van der Waals surface area contributed by atoms with E-state index < -0.39 is 0 Å². The summed E-state index contributed by atoms with van der Waals surface area (Å²) >= 11 is 0. The number of carbonyl (C=O) groups excluding carboxylic acids is 4. The molecule has 0 spiro atoms. The summed E-state index contributed by atoms with van der Waals surface area (Å²) in [5, 5.41) is 0. The van der Waals surface area contributed by atoms with Gasteiger partial charge < -0.3 is 0 Å². The molecule has 2 aliphatic heterocycles. The topological polar surface area (TPSA) is 74.8 Å². The van der Waals surface area contributed by atoms with Crippen LogP contribution in [0.1, 0.15) is 57.8 Å². The van der Waals surface area contributed by atoms with Crippen LogP contribution >= 0.6 is 0 Å². The van der Waals surface area contributed by atoms with Crippen molar-refractivity contribution < 1.29 is 19.2 Å². The Balaban J connectivity index is 1.51. The van der Waals surface area contributed by atoms with Gasteiger partial charge in [0.2, 0.25) is 23.6 Å². The third-order valence-electron chi connectivity index (χ3n) is 4.07. The van der Waals surface area contributed by atoms with Crippen molar-refractivity contribution in [2.24, 2.45) is 0 Å². The Bertz CT molecular complexity index is 375. The molecule has 0 aliphatic carbocycles. The van der Waals surface area contributed by atoms with Gasteiger partial charge in [-0.25, -0.2) is 0 Å². The fourth-order valence-electron chi connectivity index (χ4n) is 2.81. The monoisotopic (exact) mass is 294 g/mol. The molecule has 0 saturated carbocycles. The van der Waals surface area contributed by atoms with Crippen LogP contribution in [0.2, 0.25) is 0 Å². The van der Waals surface area contributed by atoms with Gasteiger partial charge in [0.05, 0.1) is 0 Å². The summed E-state index contributed by atoms with van der Waals surface area (Å²) in [4.78, 5) is 48.3. The van der Waals surface area contributed by atoms with Crippen molar-refractivity contribution in [3.63, 3.8) is 0 Å². The fourth-order valence-corrected chi connectivity index (χ4v) is 2.81. The minimum atomic E-state index is -0.0499. The highest BCUT2D eigenvalue weighted by Crippen LogP contribution is 2.15. The maximum absolute atomic E-state index is 11.4. The van der Waals surface area contributed by atoms with E-state index in [9.17, 15) is 19.2 Å². The maximum atomic E-state index is 11.4. The van der Waals surface area contributed by atoms with Gasteiger partial charge in [-0.3, -0.25) is 29.0 Å². The molecule has 2 rings (SSSR count). The van der Waals surface area contributed by atoms with Crippen LogP contribution in [0.15, 0.2) is 0 Å². The molecule has 2 fully saturated rings. The summed E-state index contributed by atoms with van der Waals surface area (Å²) in [5.74, 6) is -0.200. The van der Waals surface area contributed by atoms with Crippen molar-refractivity contribution in [2.45, 2.75) is 57.8 Å². The van der Waals surface area contributed by atoms with E-state index in [1.54, 1.807) is 0 Å². The van der Waals surface area contributed by atoms with Crippen LogP contribution in [0.4, 0.5) is 0 Å². The largest absolute Gasteiger partial charge is 0.283 e. The zero-order valence-electron chi connectivity index (χ0n) is 12.3. The molecule has 2 aliphatic rings. The molecule has 0 aromatic heterocycles. The summed E-state index contributed by atoms with van der Waals surface area (Å²) in [7, 11) is 0. The molecular weight excluding hydrogens is 272 g/mol. The van der Waals surface area contributed by atoms with E-state index in [4.69, 9.17) is 0 Å². The zero-order valence-corrected chi connectivity index (χ0v) is 12.3. The van der Waals surface area contributed by atoms with Crippen LogP contribution in [0.5, 0.6) is 0 Å². The zero-order chi connectivity index (χ0) is 15.2. The molecule has 0 aromatic rings. The number of hydrogen-bond donors (Lipinski definition) is 0. The van der Waals surface area contributed by atoms with Crippen LogP contribution in [-0.2, 0) is 19.2 Å². The fraction of sp³-hybridized carbons (Fsp3) is 0.733. The molecule has 2 heterocycles. The summed E-state index contributed by atoms with van der Waals surface area (Å²) in [5.41, 5.74) is 0. The average Bonchev–Trinajstić information content (AvgIpc) is 2.94. The third kappa shape index (κ3) is 4.12. The number of amides is 4. The van der Waals surface area contributed by atoms with Gasteiger partial charge in [-0.15, -0.1) is 0 Å². The van der Waals surface area contributed by atoms with E-state index in [-0.39, 0.29) is 23.6 Å². The van der Waals surface area contributed by atoms with Crippen molar-refractivity contribution in [1.29, 1.82) is 0 Å². The molecule has 0 radical (unpaired) electrons. The molecular formula is C15H22N2O4. The summed E-state index contributed by atoms with van der Waals surface area (Å²) in [6.45, 7) is 1.06. The first-order valence-corrected chi connectivity index (χ1v) is 7.76. The molecule has 0 N–H and O–H groups in total. The average molecular weight is 294 g/mol. The summed E-state index contributed by atoms with van der Waals surface area (Å²) in [6, 6.07) is 0. The molecule has 0 atom stereocenters. The second kappa shape index (κ2) is 7.33. The lowest BCUT2D eigenvalue weighted by Crippen LogP contribution is -2.30. The molecule has 6 heteroatoms. The highest BCUT2D eigenvalue weighted by molar-refractivity contribution is 6.02. The van der Waals surface area contributed by atoms with Crippen molar-refractivity contribution in [3.05, 3.63) is 0 Å². The Morgan fingerprint density at radius 3 is 1.14 bits per heavy atom. The lowest BCUT2D eigenvalue weighted by atomic mass is 10.1. The van der Waals surface area contributed by atoms with Gasteiger partial charge in [-0.2, -0.15) is 0 Å². The number of carbonyl (C=O) groups is 4. The van der Waals surface area contributed by atoms with Crippen molar-refractivity contribution >= 4 is 23.6 Å². The van der Waals surface area contributed by atoms with E-state index in [1.807, 2.05) is 0 Å². The highest BCUT2D eigenvalue weighted by Gasteiger charge is 2.28. The molecule has 4 amide bonds. The van der Waals surface area contributed by atoms with Crippen LogP contribution in [0.25, 0.3) is 0 Å². The Labute approximate surface area is 124 Å². The molecule has 21 heavy (non-hydrogen) atoms. The Morgan fingerprint density at radius 2 is 0.810 bits per heavy atom. The van der Waals surface area contributed by atoms with Crippen LogP contribution in [0, 0.1) is 0 Å². The normalized spacial score (nSPS) is 19.2. The number of nitrogens with zero attached hydrogens (tertiary/aromatic N) is 2. The number of rotatable bonds is 8. The quantitative estimate of drug-likeness (QED) is 0.498. The molecule has 0 unspecified atom stereocenters. The predicted octanol–water partition coefficient (Wildman–Crippen LogP) is 1.23. The van der Waals surface area contributed by atoms with Crippen molar-refractivity contribution in [3.8, 4) is 0 Å². The van der Waals surface area contributed by atoms with Crippen LogP contribution in [-0.4, -0.2) is 46.5 Å². The summed E-state index contributed by atoms with van der Waals surface area (Å²) < 4.78 is 0. The third-order valence-corrected chi connectivity index (χ3v) is 4.07. The van der Waals surface area contributed by atoms with Crippen LogP contribution in [0.3, 0.4) is 0 Å². The lowest BCUT2D eigenvalue weighted by molar-refractivity contribution is -0.139. The van der Waals surface area contributed by atoms with Gasteiger partial charge in [0.15, 0.2) is 0 Å². The number of imide groups is 2. The lowest BCUT2D eigenvalue weighted by Gasteiger charge is -2.14. The van der Waals surface area contributed by atoms with Gasteiger partial charge in [0, 0.05) is 38.8 Å². The van der Waals surface area contributed by atoms with E-state index in [0.717, 1.165) is 32.1 Å². The van der Waals surface area contributed by atoms with Gasteiger partial charge in [-0.1, -0.05) is 19.3 Å². The molecule has 116 valence electrons. The van der Waals surface area contributed by atoms with E-state index in [0.29, 0.717) is 38.8 Å². The highest BCUT2D eigenvalue weighted by atomic mass is 16.2. The van der Waals surface area contributed by atoms with E-state index >= 15 is 0 Å². The number of unbranched alkanes of at least 4 members (excludes halogenated alkanes) is 4. The first kappa shape index (κ1) is 15.7. The SMILES string of the molecule is O=C1CCC(=O)N1CCCCCCCN1C(=O)CCC1=O. The second-order valence-electron chi connectivity index (χ2n) is 5.65. The molecule has 6 nitrogen and oxygen atoms in total. The first-order valence-electron chi connectivity index (χ1n) is 7.76. The van der Waals surface area contributed by atoms with Crippen molar-refractivity contribution in [1.82, 2.24) is 9.80 Å². The van der Waals surface area contributed by atoms with Gasteiger partial charge in [-0.05, 0) is 12.8 Å². The second-order valence-corrected chi connectivity index (χ2v) is 5.65. The minimum Gasteiger partial charge on any atom is -0.283 e. The Morgan fingerprint density at radius 1 is 0.524 bits per heavy atom. The van der Waals surface area contributed by atoms with Gasteiger partial charge >= 0.3 is 0 Å². The molecule has 2 saturated heterocycles. The van der Waals surface area contributed by atoms with Crippen LogP contribution < -0.4 is 0 Å². The predicted molar refractivity (Wildman–Crippen MR) is 75.0 cm³/mol. The Hall–Kier alpha value is -1.72. The smallest absolute Gasteiger partial charge is 0.229 e. The van der Waals surface area contributed by atoms with Gasteiger partial charge in [0.25, 0.3) is 0 Å². The van der Waals surface area contributed by atoms with Gasteiger partial charge in [0.1, 0.15) is 0 Å². The number of likely N-dealkylation sites (tertiary alicyclic amines) is 2. The summed E-state index contributed by atoms with van der Waals surface area (Å²) in [6.07, 6.45) is 6.00. The first-order chi connectivity index (χ1) is 10.1. The molecule has 0 bridgehead atoms. The molecule has 0 aromatic carbocycles. The Kier molecular flexibility index (Phi) is 5.47.